The van der Waals surface area contributed by atoms with Crippen molar-refractivity contribution in [3.8, 4) is 0 Å². The van der Waals surface area contributed by atoms with Gasteiger partial charge < -0.3 is 5.73 Å². The fourth-order valence-electron chi connectivity index (χ4n) is 0.929. The van der Waals surface area contributed by atoms with Gasteiger partial charge in [0.2, 0.25) is 0 Å². The number of benzene rings is 1. The molecule has 0 unspecified atom stereocenters. The highest BCUT2D eigenvalue weighted by atomic mass is 32.1. The number of hydrazone groups is 1. The van der Waals surface area contributed by atoms with E-state index in [4.69, 9.17) is 5.73 Å². The summed E-state index contributed by atoms with van der Waals surface area (Å²) in [6.07, 6.45) is 1.45. The molecule has 0 fully saturated rings. The third-order valence-corrected chi connectivity index (χ3v) is 2.04. The van der Waals surface area contributed by atoms with Crippen LogP contribution in [-0.2, 0) is 0 Å². The van der Waals surface area contributed by atoms with Crippen molar-refractivity contribution in [2.75, 3.05) is 7.05 Å². The largest absolute Gasteiger partial charge is 0.375 e. The zero-order valence-electron chi connectivity index (χ0n) is 8.53. The van der Waals surface area contributed by atoms with Crippen molar-refractivity contribution in [2.24, 2.45) is 10.8 Å². The summed E-state index contributed by atoms with van der Waals surface area (Å²) >= 11 is 4.68. The Labute approximate surface area is 97.5 Å². The van der Waals surface area contributed by atoms with Gasteiger partial charge in [0.1, 0.15) is 0 Å². The molecule has 0 spiro atoms. The molecular formula is C9H10N4O2S. The van der Waals surface area contributed by atoms with Crippen LogP contribution >= 0.6 is 12.2 Å². The van der Waals surface area contributed by atoms with Crippen molar-refractivity contribution in [1.29, 1.82) is 0 Å². The zero-order valence-corrected chi connectivity index (χ0v) is 9.35. The second-order valence-electron chi connectivity index (χ2n) is 2.96. The lowest BCUT2D eigenvalue weighted by atomic mass is 10.2. The first kappa shape index (κ1) is 12.1. The molecule has 0 atom stereocenters. The quantitative estimate of drug-likeness (QED) is 0.369. The maximum Gasteiger partial charge on any atom is 0.270 e. The molecule has 0 aliphatic carbocycles. The van der Waals surface area contributed by atoms with Crippen LogP contribution in [0.15, 0.2) is 29.4 Å². The molecule has 84 valence electrons. The Hall–Kier alpha value is -2.02. The lowest BCUT2D eigenvalue weighted by Crippen LogP contribution is -2.27. The molecule has 1 rings (SSSR count). The van der Waals surface area contributed by atoms with Gasteiger partial charge in [0.25, 0.3) is 5.69 Å². The van der Waals surface area contributed by atoms with E-state index in [1.165, 1.54) is 23.4 Å². The van der Waals surface area contributed by atoms with Crippen LogP contribution in [0, 0.1) is 10.1 Å². The van der Waals surface area contributed by atoms with Crippen molar-refractivity contribution in [3.63, 3.8) is 0 Å². The molecule has 0 bridgehead atoms. The summed E-state index contributed by atoms with van der Waals surface area (Å²) in [5.74, 6) is 0. The van der Waals surface area contributed by atoms with Gasteiger partial charge in [0, 0.05) is 24.7 Å². The van der Waals surface area contributed by atoms with Gasteiger partial charge in [-0.15, -0.1) is 0 Å². The van der Waals surface area contributed by atoms with Crippen LogP contribution in [0.25, 0.3) is 0 Å². The van der Waals surface area contributed by atoms with Crippen LogP contribution in [0.5, 0.6) is 0 Å². The van der Waals surface area contributed by atoms with Crippen LogP contribution in [0.3, 0.4) is 0 Å². The summed E-state index contributed by atoms with van der Waals surface area (Å²) in [4.78, 5) is 10.0. The topological polar surface area (TPSA) is 84.8 Å². The van der Waals surface area contributed by atoms with E-state index in [1.54, 1.807) is 19.2 Å². The molecular weight excluding hydrogens is 228 g/mol. The number of hydrogen-bond donors (Lipinski definition) is 1. The van der Waals surface area contributed by atoms with Gasteiger partial charge in [0.15, 0.2) is 5.11 Å². The highest BCUT2D eigenvalue weighted by molar-refractivity contribution is 7.80. The maximum atomic E-state index is 10.5. The number of hydrogen-bond acceptors (Lipinski definition) is 4. The smallest absolute Gasteiger partial charge is 0.270 e. The van der Waals surface area contributed by atoms with Gasteiger partial charge in [-0.25, -0.2) is 5.01 Å². The van der Waals surface area contributed by atoms with Crippen LogP contribution in [-0.4, -0.2) is 28.3 Å². The van der Waals surface area contributed by atoms with E-state index < -0.39 is 4.92 Å². The van der Waals surface area contributed by atoms with E-state index in [-0.39, 0.29) is 10.8 Å². The van der Waals surface area contributed by atoms with Crippen molar-refractivity contribution in [3.05, 3.63) is 39.9 Å². The second kappa shape index (κ2) is 5.17. The number of thiocarbonyl (C=S) groups is 1. The minimum atomic E-state index is -0.464. The van der Waals surface area contributed by atoms with Gasteiger partial charge in [-0.1, -0.05) is 12.1 Å². The molecule has 0 aliphatic rings. The van der Waals surface area contributed by atoms with E-state index in [9.17, 15) is 10.1 Å². The molecule has 0 aliphatic heterocycles. The fraction of sp³-hybridized carbons (Fsp3) is 0.111. The van der Waals surface area contributed by atoms with E-state index in [0.29, 0.717) is 5.56 Å². The Balaban J connectivity index is 2.85. The number of rotatable bonds is 3. The van der Waals surface area contributed by atoms with Crippen molar-refractivity contribution in [2.45, 2.75) is 0 Å². The first-order valence-electron chi connectivity index (χ1n) is 4.32. The monoisotopic (exact) mass is 238 g/mol. The summed E-state index contributed by atoms with van der Waals surface area (Å²) in [6, 6.07) is 6.11. The average Bonchev–Trinajstić information content (AvgIpc) is 2.26. The van der Waals surface area contributed by atoms with Gasteiger partial charge >= 0.3 is 0 Å². The molecule has 1 aromatic carbocycles. The van der Waals surface area contributed by atoms with E-state index in [0.717, 1.165) is 0 Å². The summed E-state index contributed by atoms with van der Waals surface area (Å²) in [7, 11) is 1.59. The molecule has 6 nitrogen and oxygen atoms in total. The molecule has 0 aromatic heterocycles. The molecule has 0 saturated heterocycles. The Morgan fingerprint density at radius 2 is 2.38 bits per heavy atom. The Morgan fingerprint density at radius 1 is 1.69 bits per heavy atom. The van der Waals surface area contributed by atoms with E-state index >= 15 is 0 Å². The van der Waals surface area contributed by atoms with Crippen LogP contribution in [0.2, 0.25) is 0 Å². The van der Waals surface area contributed by atoms with Crippen molar-refractivity contribution >= 4 is 29.2 Å². The van der Waals surface area contributed by atoms with Crippen molar-refractivity contribution < 1.29 is 4.92 Å². The highest BCUT2D eigenvalue weighted by Gasteiger charge is 2.04. The van der Waals surface area contributed by atoms with Crippen LogP contribution in [0.4, 0.5) is 5.69 Å². The highest BCUT2D eigenvalue weighted by Crippen LogP contribution is 2.11. The summed E-state index contributed by atoms with van der Waals surface area (Å²) in [6.45, 7) is 0. The lowest BCUT2D eigenvalue weighted by molar-refractivity contribution is -0.384. The van der Waals surface area contributed by atoms with Gasteiger partial charge in [-0.3, -0.25) is 10.1 Å². The lowest BCUT2D eigenvalue weighted by Gasteiger charge is -2.08. The third-order valence-electron chi connectivity index (χ3n) is 1.78. The molecule has 1 aromatic rings. The summed E-state index contributed by atoms with van der Waals surface area (Å²) in [5.41, 5.74) is 5.94. The molecule has 0 saturated carbocycles. The van der Waals surface area contributed by atoms with Gasteiger partial charge in [-0.05, 0) is 12.2 Å². The number of nitrogens with zero attached hydrogens (tertiary/aromatic N) is 3. The van der Waals surface area contributed by atoms with Crippen molar-refractivity contribution in [1.82, 2.24) is 5.01 Å². The zero-order chi connectivity index (χ0) is 12.1. The average molecular weight is 238 g/mol. The minimum Gasteiger partial charge on any atom is -0.375 e. The standard InChI is InChI=1S/C9H10N4O2S/c1-12(9(10)16)11-6-7-3-2-4-8(5-7)13(14)15/h2-6H,1H3,(H2,10,16)/b11-6+. The Morgan fingerprint density at radius 3 is 2.94 bits per heavy atom. The summed E-state index contributed by atoms with van der Waals surface area (Å²) in [5, 5.41) is 15.8. The predicted octanol–water partition coefficient (Wildman–Crippen LogP) is 1.10. The van der Waals surface area contributed by atoms with Gasteiger partial charge in [-0.2, -0.15) is 5.10 Å². The second-order valence-corrected chi connectivity index (χ2v) is 3.38. The molecule has 0 heterocycles. The first-order valence-corrected chi connectivity index (χ1v) is 4.73. The molecule has 2 N–H and O–H groups in total. The maximum absolute atomic E-state index is 10.5. The normalized spacial score (nSPS) is 10.3. The van der Waals surface area contributed by atoms with Gasteiger partial charge in [0.05, 0.1) is 11.1 Å². The predicted molar refractivity (Wildman–Crippen MR) is 65.2 cm³/mol. The number of nitro benzene ring substituents is 1. The first-order chi connectivity index (χ1) is 7.50. The minimum absolute atomic E-state index is 0.0157. The summed E-state index contributed by atoms with van der Waals surface area (Å²) < 4.78 is 0. The van der Waals surface area contributed by atoms with Crippen LogP contribution < -0.4 is 5.73 Å². The molecule has 0 amide bonds. The number of nitrogens with two attached hydrogens (primary N) is 1. The number of nitro groups is 1. The Bertz CT molecular complexity index is 447. The molecule has 7 heteroatoms. The number of non-ortho nitro benzene ring substituents is 1. The van der Waals surface area contributed by atoms with E-state index in [1.807, 2.05) is 0 Å². The van der Waals surface area contributed by atoms with E-state index in [2.05, 4.69) is 17.3 Å². The molecule has 0 radical (unpaired) electrons. The molecule has 16 heavy (non-hydrogen) atoms. The Kier molecular flexibility index (Phi) is 3.90. The van der Waals surface area contributed by atoms with Crippen LogP contribution in [0.1, 0.15) is 5.56 Å². The third kappa shape index (κ3) is 3.28. The SMILES string of the molecule is CN(/N=C/c1cccc([N+](=O)[O-])c1)C(N)=S. The fourth-order valence-corrected chi connectivity index (χ4v) is 0.976.